The van der Waals surface area contributed by atoms with E-state index >= 15 is 0 Å². The number of unbranched alkanes of at least 4 members (excludes halogenated alkanes) is 18. The zero-order valence-electron chi connectivity index (χ0n) is 39.9. The van der Waals surface area contributed by atoms with Crippen LogP contribution in [-0.2, 0) is 16.1 Å². The number of aliphatic carboxylic acids is 2. The average molecular weight is 848 g/mol. The molecule has 0 aliphatic rings. The van der Waals surface area contributed by atoms with Gasteiger partial charge < -0.3 is 25.0 Å². The summed E-state index contributed by atoms with van der Waals surface area (Å²) in [6.45, 7) is 13.3. The fourth-order valence-electron chi connectivity index (χ4n) is 9.49. The molecule has 0 spiro atoms. The molecule has 0 aromatic carbocycles. The second-order valence-corrected chi connectivity index (χ2v) is 18.9. The Balaban J connectivity index is 2.85. The highest BCUT2D eigenvalue weighted by molar-refractivity contribution is 5.75. The number of hydrogen-bond donors (Lipinski definition) is 4. The zero-order valence-corrected chi connectivity index (χ0v) is 39.9. The first-order chi connectivity index (χ1) is 29.0. The van der Waals surface area contributed by atoms with E-state index in [2.05, 4.69) is 42.1 Å². The number of carboxylic acids is 2. The summed E-state index contributed by atoms with van der Waals surface area (Å²) in [6.07, 6.45) is 34.9. The molecule has 0 saturated carbocycles. The molecule has 352 valence electrons. The molecule has 1 aromatic rings. The molecule has 0 fully saturated rings. The Morgan fingerprint density at radius 3 is 1.22 bits per heavy atom. The van der Waals surface area contributed by atoms with E-state index in [4.69, 9.17) is 0 Å². The molecule has 60 heavy (non-hydrogen) atoms. The van der Waals surface area contributed by atoms with Gasteiger partial charge in [-0.15, -0.1) is 0 Å². The predicted molar refractivity (Wildman–Crippen MR) is 251 cm³/mol. The minimum Gasteiger partial charge on any atom is -0.481 e. The maximum atomic E-state index is 12.8. The van der Waals surface area contributed by atoms with E-state index in [0.29, 0.717) is 38.8 Å². The molecule has 9 heteroatoms. The lowest BCUT2D eigenvalue weighted by atomic mass is 9.74. The van der Waals surface area contributed by atoms with Gasteiger partial charge in [-0.25, -0.2) is 4.98 Å². The Hall–Kier alpha value is -1.97. The van der Waals surface area contributed by atoms with Crippen molar-refractivity contribution in [2.24, 2.45) is 10.8 Å². The molecule has 0 bridgehead atoms. The van der Waals surface area contributed by atoms with Crippen LogP contribution < -0.4 is 0 Å². The van der Waals surface area contributed by atoms with Gasteiger partial charge in [0, 0.05) is 38.6 Å². The normalized spacial score (nSPS) is 14.9. The van der Waals surface area contributed by atoms with E-state index in [-0.39, 0.29) is 0 Å². The third kappa shape index (κ3) is 25.2. The van der Waals surface area contributed by atoms with E-state index in [1.165, 1.54) is 51.4 Å². The van der Waals surface area contributed by atoms with Crippen LogP contribution in [0.1, 0.15) is 245 Å². The third-order valence-electron chi connectivity index (χ3n) is 13.6. The van der Waals surface area contributed by atoms with E-state index in [1.807, 2.05) is 19.3 Å². The maximum Gasteiger partial charge on any atom is 0.309 e. The molecule has 4 N–H and O–H groups in total. The number of aryl methyl sites for hydroxylation is 2. The van der Waals surface area contributed by atoms with Gasteiger partial charge in [0.15, 0.2) is 0 Å². The molecule has 0 radical (unpaired) electrons. The topological polar surface area (TPSA) is 136 Å². The Bertz CT molecular complexity index is 1110. The van der Waals surface area contributed by atoms with E-state index in [9.17, 15) is 30.0 Å². The van der Waals surface area contributed by atoms with Crippen LogP contribution in [-0.4, -0.2) is 78.7 Å². The SMILES string of the molecule is CCCCCCCCC(CCCCCC)(CCCCC(O)CN(CCCn1ccnc1C)CC(O)CCCCC(CCCCCC)(CCCCCCCC)C(=O)O)C(=O)O. The van der Waals surface area contributed by atoms with Crippen LogP contribution >= 0.6 is 0 Å². The van der Waals surface area contributed by atoms with Crippen molar-refractivity contribution < 1.29 is 30.0 Å². The minimum absolute atomic E-state index is 0.469. The average Bonchev–Trinajstić information content (AvgIpc) is 3.63. The molecule has 4 atom stereocenters. The van der Waals surface area contributed by atoms with E-state index in [1.54, 1.807) is 0 Å². The lowest BCUT2D eigenvalue weighted by Gasteiger charge is -2.31. The van der Waals surface area contributed by atoms with Crippen molar-refractivity contribution in [3.63, 3.8) is 0 Å². The summed E-state index contributed by atoms with van der Waals surface area (Å²) in [7, 11) is 0. The van der Waals surface area contributed by atoms with Gasteiger partial charge in [0.2, 0.25) is 0 Å². The monoisotopic (exact) mass is 848 g/mol. The summed E-state index contributed by atoms with van der Waals surface area (Å²) < 4.78 is 2.13. The summed E-state index contributed by atoms with van der Waals surface area (Å²) in [5.74, 6) is -0.306. The lowest BCUT2D eigenvalue weighted by Crippen LogP contribution is -2.39. The predicted octanol–water partition coefficient (Wildman–Crippen LogP) is 13.3. The number of imidazole rings is 1. The van der Waals surface area contributed by atoms with E-state index < -0.39 is 35.0 Å². The number of aliphatic hydroxyl groups is 2. The fraction of sp³-hybridized carbons (Fsp3) is 0.902. The number of aliphatic hydroxyl groups excluding tert-OH is 2. The molecule has 1 rings (SSSR count). The molecule has 0 aliphatic heterocycles. The zero-order chi connectivity index (χ0) is 44.3. The lowest BCUT2D eigenvalue weighted by molar-refractivity contribution is -0.151. The molecule has 1 heterocycles. The molecule has 0 saturated heterocycles. The fourth-order valence-corrected chi connectivity index (χ4v) is 9.49. The quantitative estimate of drug-likeness (QED) is 0.0477. The van der Waals surface area contributed by atoms with Crippen LogP contribution in [0.15, 0.2) is 12.4 Å². The summed E-state index contributed by atoms with van der Waals surface area (Å²) in [5.41, 5.74) is -1.34. The largest absolute Gasteiger partial charge is 0.481 e. The number of carbonyl (C=O) groups is 2. The highest BCUT2D eigenvalue weighted by Crippen LogP contribution is 2.39. The summed E-state index contributed by atoms with van der Waals surface area (Å²) >= 11 is 0. The summed E-state index contributed by atoms with van der Waals surface area (Å²) in [6, 6.07) is 0. The van der Waals surface area contributed by atoms with Crippen molar-refractivity contribution in [2.75, 3.05) is 19.6 Å². The summed E-state index contributed by atoms with van der Waals surface area (Å²) in [4.78, 5) is 32.2. The van der Waals surface area contributed by atoms with Gasteiger partial charge in [0.05, 0.1) is 23.0 Å². The summed E-state index contributed by atoms with van der Waals surface area (Å²) in [5, 5.41) is 43.7. The Labute approximate surface area is 369 Å². The molecular weight excluding hydrogens is 751 g/mol. The van der Waals surface area contributed by atoms with Gasteiger partial charge in [0.1, 0.15) is 5.82 Å². The van der Waals surface area contributed by atoms with Crippen LogP contribution in [0.3, 0.4) is 0 Å². The molecule has 0 amide bonds. The smallest absolute Gasteiger partial charge is 0.309 e. The molecule has 9 nitrogen and oxygen atoms in total. The van der Waals surface area contributed by atoms with Crippen LogP contribution in [0.2, 0.25) is 0 Å². The number of aromatic nitrogens is 2. The van der Waals surface area contributed by atoms with E-state index in [0.717, 1.165) is 154 Å². The van der Waals surface area contributed by atoms with Gasteiger partial charge in [-0.1, -0.05) is 182 Å². The van der Waals surface area contributed by atoms with Crippen molar-refractivity contribution in [3.05, 3.63) is 18.2 Å². The van der Waals surface area contributed by atoms with Gasteiger partial charge in [-0.05, 0) is 64.7 Å². The molecular formula is C51H97N3O6. The standard InChI is InChI=1S/C51H97N3O6/c1-6-10-14-18-20-26-35-50(48(57)58,33-24-16-12-8-3)37-28-22-31-46(55)43-53(40-30-41-54-42-39-52-45(54)5)44-47(56)32-23-29-38-51(49(59)60,34-25-17-13-9-4)36-27-21-19-15-11-7-2/h39,42,46-47,55-56H,6-38,40-41,43-44H2,1-5H3,(H,57,58)(H,59,60). The molecule has 0 aliphatic carbocycles. The van der Waals surface area contributed by atoms with Gasteiger partial charge in [0.25, 0.3) is 0 Å². The number of rotatable bonds is 44. The highest BCUT2D eigenvalue weighted by Gasteiger charge is 2.38. The van der Waals surface area contributed by atoms with Crippen LogP contribution in [0.4, 0.5) is 0 Å². The number of nitrogens with zero attached hydrogens (tertiary/aromatic N) is 3. The second-order valence-electron chi connectivity index (χ2n) is 18.9. The second kappa shape index (κ2) is 35.5. The van der Waals surface area contributed by atoms with Crippen molar-refractivity contribution in [1.82, 2.24) is 14.5 Å². The third-order valence-corrected chi connectivity index (χ3v) is 13.6. The van der Waals surface area contributed by atoms with Crippen LogP contribution in [0, 0.1) is 17.8 Å². The Kier molecular flexibility index (Phi) is 33.1. The van der Waals surface area contributed by atoms with Crippen molar-refractivity contribution >= 4 is 11.9 Å². The maximum absolute atomic E-state index is 12.8. The van der Waals surface area contributed by atoms with Gasteiger partial charge in [-0.3, -0.25) is 14.5 Å². The van der Waals surface area contributed by atoms with Crippen LogP contribution in [0.25, 0.3) is 0 Å². The Morgan fingerprint density at radius 2 is 0.883 bits per heavy atom. The highest BCUT2D eigenvalue weighted by atomic mass is 16.4. The minimum atomic E-state index is -0.668. The Morgan fingerprint density at radius 1 is 0.550 bits per heavy atom. The van der Waals surface area contributed by atoms with Gasteiger partial charge in [-0.2, -0.15) is 0 Å². The van der Waals surface area contributed by atoms with Crippen LogP contribution in [0.5, 0.6) is 0 Å². The first-order valence-electron chi connectivity index (χ1n) is 25.5. The molecule has 1 aromatic heterocycles. The van der Waals surface area contributed by atoms with Gasteiger partial charge >= 0.3 is 11.9 Å². The van der Waals surface area contributed by atoms with Crippen molar-refractivity contribution in [1.29, 1.82) is 0 Å². The van der Waals surface area contributed by atoms with Crippen molar-refractivity contribution in [2.45, 2.75) is 265 Å². The number of hydrogen-bond acceptors (Lipinski definition) is 6. The number of carboxylic acid groups (broad SMARTS) is 2. The first-order valence-corrected chi connectivity index (χ1v) is 25.5. The van der Waals surface area contributed by atoms with Crippen molar-refractivity contribution in [3.8, 4) is 0 Å². The first kappa shape index (κ1) is 56.0. The molecule has 4 unspecified atom stereocenters.